The minimum Gasteiger partial charge on any atom is -0.508 e. The topological polar surface area (TPSA) is 168 Å². The molecule has 0 fully saturated rings. The standard InChI is InChI=1S/C24H10F8O8S3.C12H10O2S/c25-13-17(29)23(18(30)14(26)21(13)33)42(35,36)39-9-1-5-11(6-2-9)41-12-7-3-10(4-8-12)40-43(37,38)24-19(31)15(27)22(34)16(28)20(24)32;13-9-1-5-11(6-2-9)15-12-7-3-10(14)4-8-12/h1-8,33-34H;1-8,13-14H. The Bertz CT molecular complexity index is 2460. The van der Waals surface area contributed by atoms with E-state index >= 15 is 0 Å². The maximum Gasteiger partial charge on any atom is 0.345 e. The van der Waals surface area contributed by atoms with E-state index in [1.54, 1.807) is 36.0 Å². The Morgan fingerprint density at radius 1 is 0.362 bits per heavy atom. The van der Waals surface area contributed by atoms with Crippen molar-refractivity contribution in [2.24, 2.45) is 0 Å². The molecule has 0 radical (unpaired) electrons. The fourth-order valence-electron chi connectivity index (χ4n) is 4.40. The van der Waals surface area contributed by atoms with Gasteiger partial charge in [-0.25, -0.2) is 17.6 Å². The van der Waals surface area contributed by atoms with Crippen LogP contribution in [0.4, 0.5) is 35.1 Å². The molecule has 304 valence electrons. The Morgan fingerprint density at radius 3 is 0.828 bits per heavy atom. The number of hydrogen-bond acceptors (Lipinski definition) is 12. The first kappa shape index (κ1) is 43.3. The molecule has 0 aliphatic rings. The third kappa shape index (κ3) is 9.64. The first-order valence-corrected chi connectivity index (χ1v) is 19.8. The number of phenolic OH excluding ortho intramolecular Hbond substituents is 4. The van der Waals surface area contributed by atoms with Gasteiger partial charge in [0.15, 0.2) is 44.6 Å². The first-order valence-electron chi connectivity index (χ1n) is 15.3. The number of aromatic hydroxyl groups is 4. The molecule has 6 aromatic carbocycles. The molecule has 0 bridgehead atoms. The summed E-state index contributed by atoms with van der Waals surface area (Å²) >= 11 is 2.53. The van der Waals surface area contributed by atoms with Gasteiger partial charge in [-0.2, -0.15) is 34.4 Å². The second-order valence-electron chi connectivity index (χ2n) is 11.1. The minimum absolute atomic E-state index is 0.269. The van der Waals surface area contributed by atoms with Gasteiger partial charge in [0.2, 0.25) is 23.3 Å². The van der Waals surface area contributed by atoms with Crippen molar-refractivity contribution in [3.63, 3.8) is 0 Å². The van der Waals surface area contributed by atoms with Crippen molar-refractivity contribution in [2.45, 2.75) is 29.4 Å². The van der Waals surface area contributed by atoms with Crippen LogP contribution in [0.5, 0.6) is 34.5 Å². The van der Waals surface area contributed by atoms with Crippen LogP contribution in [0.15, 0.2) is 126 Å². The number of phenols is 4. The average Bonchev–Trinajstić information content (AvgIpc) is 3.18. The van der Waals surface area contributed by atoms with Crippen molar-refractivity contribution in [3.8, 4) is 34.5 Å². The van der Waals surface area contributed by atoms with Gasteiger partial charge in [-0.1, -0.05) is 23.5 Å². The average molecular weight is 893 g/mol. The Hall–Kier alpha value is -5.84. The predicted octanol–water partition coefficient (Wildman–Crippen LogP) is 9.15. The maximum absolute atomic E-state index is 14.0. The maximum atomic E-state index is 14.0. The van der Waals surface area contributed by atoms with Gasteiger partial charge in [0.05, 0.1) is 0 Å². The number of rotatable bonds is 10. The molecule has 0 saturated heterocycles. The number of halogens is 8. The molecule has 0 saturated carbocycles. The van der Waals surface area contributed by atoms with E-state index in [-0.39, 0.29) is 11.5 Å². The summed E-state index contributed by atoms with van der Waals surface area (Å²) in [4.78, 5) is -1.42. The van der Waals surface area contributed by atoms with E-state index < -0.39 is 99.6 Å². The number of benzene rings is 6. The van der Waals surface area contributed by atoms with E-state index in [2.05, 4.69) is 8.37 Å². The molecule has 10 nitrogen and oxygen atoms in total. The lowest BCUT2D eigenvalue weighted by Crippen LogP contribution is -2.16. The lowest BCUT2D eigenvalue weighted by molar-refractivity contribution is 0.339. The molecule has 0 spiro atoms. The van der Waals surface area contributed by atoms with Crippen LogP contribution in [0, 0.1) is 46.5 Å². The minimum atomic E-state index is -5.47. The molecule has 0 amide bonds. The third-order valence-corrected chi connectivity index (χ3v) is 11.7. The molecule has 0 heterocycles. The molecule has 4 N–H and O–H groups in total. The normalized spacial score (nSPS) is 11.4. The highest BCUT2D eigenvalue weighted by atomic mass is 32.2. The van der Waals surface area contributed by atoms with Crippen LogP contribution in [-0.4, -0.2) is 37.3 Å². The van der Waals surface area contributed by atoms with Gasteiger partial charge in [0, 0.05) is 19.6 Å². The molecule has 22 heteroatoms. The summed E-state index contributed by atoms with van der Waals surface area (Å²) in [5.74, 6) is -23.8. The van der Waals surface area contributed by atoms with Crippen molar-refractivity contribution in [3.05, 3.63) is 144 Å². The van der Waals surface area contributed by atoms with Crippen LogP contribution < -0.4 is 8.37 Å². The predicted molar refractivity (Wildman–Crippen MR) is 189 cm³/mol. The zero-order valence-corrected chi connectivity index (χ0v) is 31.4. The van der Waals surface area contributed by atoms with Crippen molar-refractivity contribution in [1.82, 2.24) is 0 Å². The lowest BCUT2D eigenvalue weighted by atomic mass is 10.3. The summed E-state index contributed by atoms with van der Waals surface area (Å²) in [6.07, 6.45) is 0. The Morgan fingerprint density at radius 2 is 0.586 bits per heavy atom. The fourth-order valence-corrected chi connectivity index (χ4v) is 8.17. The third-order valence-electron chi connectivity index (χ3n) is 7.10. The van der Waals surface area contributed by atoms with Crippen molar-refractivity contribution in [2.75, 3.05) is 0 Å². The quantitative estimate of drug-likeness (QED) is 0.0586. The van der Waals surface area contributed by atoms with E-state index in [4.69, 9.17) is 20.4 Å². The summed E-state index contributed by atoms with van der Waals surface area (Å²) in [5, 5.41) is 36.2. The fraction of sp³-hybridized carbons (Fsp3) is 0. The summed E-state index contributed by atoms with van der Waals surface area (Å²) in [7, 11) is -10.9. The Kier molecular flexibility index (Phi) is 12.9. The molecular formula is C36H20F8O10S4. The van der Waals surface area contributed by atoms with Gasteiger partial charge < -0.3 is 28.8 Å². The molecule has 0 atom stereocenters. The Balaban J connectivity index is 0.000000355. The van der Waals surface area contributed by atoms with E-state index in [0.717, 1.165) is 45.8 Å². The van der Waals surface area contributed by atoms with Gasteiger partial charge in [-0.3, -0.25) is 0 Å². The van der Waals surface area contributed by atoms with Gasteiger partial charge in [-0.05, 0) is 97.1 Å². The monoisotopic (exact) mass is 892 g/mol. The highest BCUT2D eigenvalue weighted by Gasteiger charge is 2.36. The van der Waals surface area contributed by atoms with Gasteiger partial charge >= 0.3 is 20.2 Å². The van der Waals surface area contributed by atoms with Crippen LogP contribution >= 0.6 is 23.5 Å². The van der Waals surface area contributed by atoms with Crippen LogP contribution in [0.2, 0.25) is 0 Å². The van der Waals surface area contributed by atoms with E-state index in [1.807, 2.05) is 24.3 Å². The summed E-state index contributed by atoms with van der Waals surface area (Å²) in [6.45, 7) is 0. The molecule has 0 aliphatic heterocycles. The van der Waals surface area contributed by atoms with Gasteiger partial charge in [0.25, 0.3) is 0 Å². The van der Waals surface area contributed by atoms with Crippen molar-refractivity contribution < 1.29 is 80.8 Å². The second kappa shape index (κ2) is 17.3. The van der Waals surface area contributed by atoms with E-state index in [1.165, 1.54) is 24.3 Å². The highest BCUT2D eigenvalue weighted by molar-refractivity contribution is 7.99. The first-order chi connectivity index (χ1) is 27.2. The summed E-state index contributed by atoms with van der Waals surface area (Å²) in [5.41, 5.74) is 0. The van der Waals surface area contributed by atoms with Gasteiger partial charge in [-0.15, -0.1) is 0 Å². The van der Waals surface area contributed by atoms with Crippen LogP contribution in [-0.2, 0) is 20.2 Å². The van der Waals surface area contributed by atoms with Crippen molar-refractivity contribution in [1.29, 1.82) is 0 Å². The molecule has 0 aromatic heterocycles. The van der Waals surface area contributed by atoms with Gasteiger partial charge in [0.1, 0.15) is 23.0 Å². The largest absolute Gasteiger partial charge is 0.508 e. The summed E-state index contributed by atoms with van der Waals surface area (Å²) in [6, 6.07) is 22.9. The number of hydrogen-bond donors (Lipinski definition) is 4. The highest BCUT2D eigenvalue weighted by Crippen LogP contribution is 2.36. The van der Waals surface area contributed by atoms with Crippen LogP contribution in [0.25, 0.3) is 0 Å². The SMILES string of the molecule is O=S(=O)(Oc1ccc(Sc2ccc(OS(=O)(=O)c3c(F)c(F)c(O)c(F)c3F)cc2)cc1)c1c(F)c(F)c(O)c(F)c1F.Oc1ccc(Sc2ccc(O)cc2)cc1. The van der Waals surface area contributed by atoms with Crippen LogP contribution in [0.1, 0.15) is 0 Å². The Labute approximate surface area is 330 Å². The van der Waals surface area contributed by atoms with Crippen LogP contribution in [0.3, 0.4) is 0 Å². The molecule has 0 unspecified atom stereocenters. The molecule has 6 aromatic rings. The smallest absolute Gasteiger partial charge is 0.345 e. The van der Waals surface area contributed by atoms with E-state index in [0.29, 0.717) is 9.79 Å². The molecular weight excluding hydrogens is 873 g/mol. The molecule has 0 aliphatic carbocycles. The molecule has 58 heavy (non-hydrogen) atoms. The molecule has 6 rings (SSSR count). The van der Waals surface area contributed by atoms with Crippen molar-refractivity contribution >= 4 is 43.8 Å². The zero-order valence-electron chi connectivity index (χ0n) is 28.1. The van der Waals surface area contributed by atoms with E-state index in [9.17, 15) is 52.0 Å². The summed E-state index contributed by atoms with van der Waals surface area (Å²) < 4.78 is 168. The zero-order chi connectivity index (χ0) is 42.7. The lowest BCUT2D eigenvalue weighted by Gasteiger charge is -2.11. The second-order valence-corrected chi connectivity index (χ2v) is 16.3.